The molecule has 1 aromatic heterocycles. The molecule has 0 radical (unpaired) electrons. The van der Waals surface area contributed by atoms with Crippen LogP contribution in [0.25, 0.3) is 11.4 Å². The summed E-state index contributed by atoms with van der Waals surface area (Å²) in [6, 6.07) is 15.4. The number of carbonyl (C=O) groups excluding carboxylic acids is 1. The van der Waals surface area contributed by atoms with E-state index in [1.54, 1.807) is 7.11 Å². The Bertz CT molecular complexity index is 955. The third-order valence-electron chi connectivity index (χ3n) is 4.24. The van der Waals surface area contributed by atoms with E-state index in [2.05, 4.69) is 15.5 Å². The molecule has 1 atom stereocenters. The van der Waals surface area contributed by atoms with E-state index >= 15 is 0 Å². The summed E-state index contributed by atoms with van der Waals surface area (Å²) < 4.78 is 7.20. The maximum Gasteiger partial charge on any atom is 0.237 e. The topological polar surface area (TPSA) is 69.0 Å². The molecule has 7 heteroatoms. The summed E-state index contributed by atoms with van der Waals surface area (Å²) in [6.45, 7) is 3.89. The van der Waals surface area contributed by atoms with Crippen LogP contribution < -0.4 is 10.1 Å². The van der Waals surface area contributed by atoms with Crippen molar-refractivity contribution in [1.82, 2.24) is 14.8 Å². The van der Waals surface area contributed by atoms with Crippen LogP contribution in [0.3, 0.4) is 0 Å². The summed E-state index contributed by atoms with van der Waals surface area (Å²) in [6.07, 6.45) is 0. The van der Waals surface area contributed by atoms with Crippen molar-refractivity contribution < 1.29 is 9.53 Å². The molecule has 0 aliphatic carbocycles. The first-order chi connectivity index (χ1) is 13.0. The Morgan fingerprint density at radius 1 is 1.15 bits per heavy atom. The second-order valence-corrected chi connectivity index (χ2v) is 7.44. The third kappa shape index (κ3) is 4.14. The Morgan fingerprint density at radius 2 is 1.85 bits per heavy atom. The molecule has 3 rings (SSSR count). The van der Waals surface area contributed by atoms with Crippen LogP contribution in [0.4, 0.5) is 5.69 Å². The fourth-order valence-electron chi connectivity index (χ4n) is 2.67. The molecule has 2 aromatic carbocycles. The van der Waals surface area contributed by atoms with E-state index in [4.69, 9.17) is 4.74 Å². The second-order valence-electron chi connectivity index (χ2n) is 6.13. The molecular weight excluding hydrogens is 360 g/mol. The molecule has 0 saturated carbocycles. The van der Waals surface area contributed by atoms with Gasteiger partial charge in [-0.25, -0.2) is 0 Å². The average molecular weight is 382 g/mol. The van der Waals surface area contributed by atoms with Gasteiger partial charge in [0, 0.05) is 12.6 Å². The number of rotatable bonds is 6. The lowest BCUT2D eigenvalue weighted by molar-refractivity contribution is -0.115. The molecule has 0 saturated heterocycles. The summed E-state index contributed by atoms with van der Waals surface area (Å²) in [5.74, 6) is 1.29. The molecule has 1 heterocycles. The predicted octanol–water partition coefficient (Wildman–Crippen LogP) is 3.92. The van der Waals surface area contributed by atoms with Gasteiger partial charge in [-0.1, -0.05) is 48.2 Å². The number of methoxy groups -OCH3 is 1. The number of carbonyl (C=O) groups is 1. The van der Waals surface area contributed by atoms with Crippen LogP contribution in [0.1, 0.15) is 12.5 Å². The summed E-state index contributed by atoms with van der Waals surface area (Å²) in [7, 11) is 3.49. The molecule has 0 aliphatic heterocycles. The minimum atomic E-state index is -0.345. The summed E-state index contributed by atoms with van der Waals surface area (Å²) >= 11 is 1.37. The van der Waals surface area contributed by atoms with Gasteiger partial charge in [-0.2, -0.15) is 0 Å². The van der Waals surface area contributed by atoms with Gasteiger partial charge in [0.2, 0.25) is 5.91 Å². The molecule has 1 N–H and O–H groups in total. The zero-order valence-electron chi connectivity index (χ0n) is 15.8. The Hall–Kier alpha value is -2.80. The van der Waals surface area contributed by atoms with Gasteiger partial charge in [-0.3, -0.25) is 4.79 Å². The number of amides is 1. The van der Waals surface area contributed by atoms with Gasteiger partial charge in [0.1, 0.15) is 5.75 Å². The van der Waals surface area contributed by atoms with Crippen molar-refractivity contribution in [3.63, 3.8) is 0 Å². The first-order valence-electron chi connectivity index (χ1n) is 8.57. The maximum atomic E-state index is 12.6. The molecule has 0 fully saturated rings. The van der Waals surface area contributed by atoms with Crippen molar-refractivity contribution in [3.05, 3.63) is 54.1 Å². The number of nitrogens with one attached hydrogen (secondary N) is 1. The smallest absolute Gasteiger partial charge is 0.237 e. The monoisotopic (exact) mass is 382 g/mol. The largest absolute Gasteiger partial charge is 0.495 e. The average Bonchev–Trinajstić information content (AvgIpc) is 3.03. The summed E-state index contributed by atoms with van der Waals surface area (Å²) in [5, 5.41) is 11.8. The van der Waals surface area contributed by atoms with Gasteiger partial charge in [0.05, 0.1) is 18.0 Å². The molecule has 0 unspecified atom stereocenters. The van der Waals surface area contributed by atoms with Gasteiger partial charge in [0.25, 0.3) is 0 Å². The van der Waals surface area contributed by atoms with E-state index in [9.17, 15) is 4.79 Å². The Morgan fingerprint density at radius 3 is 2.59 bits per heavy atom. The lowest BCUT2D eigenvalue weighted by Crippen LogP contribution is -2.23. The molecule has 0 spiro atoms. The molecule has 1 amide bonds. The highest BCUT2D eigenvalue weighted by Gasteiger charge is 2.20. The molecule has 6 nitrogen and oxygen atoms in total. The van der Waals surface area contributed by atoms with Crippen molar-refractivity contribution in [2.75, 3.05) is 12.4 Å². The van der Waals surface area contributed by atoms with Crippen molar-refractivity contribution in [2.24, 2.45) is 7.05 Å². The highest BCUT2D eigenvalue weighted by molar-refractivity contribution is 8.00. The lowest BCUT2D eigenvalue weighted by atomic mass is 10.1. The van der Waals surface area contributed by atoms with Crippen LogP contribution in [0.15, 0.2) is 53.7 Å². The van der Waals surface area contributed by atoms with Gasteiger partial charge >= 0.3 is 0 Å². The Kier molecular flexibility index (Phi) is 5.81. The Balaban J connectivity index is 1.74. The van der Waals surface area contributed by atoms with E-state index in [0.29, 0.717) is 16.6 Å². The quantitative estimate of drug-likeness (QED) is 0.655. The number of aromatic nitrogens is 3. The summed E-state index contributed by atoms with van der Waals surface area (Å²) in [5.41, 5.74) is 2.81. The number of hydrogen-bond donors (Lipinski definition) is 1. The van der Waals surface area contributed by atoms with E-state index in [1.807, 2.05) is 74.0 Å². The summed E-state index contributed by atoms with van der Waals surface area (Å²) in [4.78, 5) is 12.6. The van der Waals surface area contributed by atoms with Crippen molar-refractivity contribution in [1.29, 1.82) is 0 Å². The second kappa shape index (κ2) is 8.26. The SMILES string of the molecule is COc1ccccc1NC(=O)[C@H](C)Sc1nnc(-c2ccccc2C)n1C. The molecule has 3 aromatic rings. The fraction of sp³-hybridized carbons (Fsp3) is 0.250. The van der Waals surface area contributed by atoms with E-state index in [1.165, 1.54) is 11.8 Å². The normalized spacial score (nSPS) is 11.9. The number of thioether (sulfide) groups is 1. The molecular formula is C20H22N4O2S. The first kappa shape index (κ1) is 19.0. The van der Waals surface area contributed by atoms with E-state index < -0.39 is 0 Å². The minimum absolute atomic E-state index is 0.120. The van der Waals surface area contributed by atoms with Crippen molar-refractivity contribution in [2.45, 2.75) is 24.3 Å². The van der Waals surface area contributed by atoms with Gasteiger partial charge in [0.15, 0.2) is 11.0 Å². The number of para-hydroxylation sites is 2. The predicted molar refractivity (Wildman–Crippen MR) is 108 cm³/mol. The van der Waals surface area contributed by atoms with Crippen LogP contribution >= 0.6 is 11.8 Å². The number of aryl methyl sites for hydroxylation is 1. The van der Waals surface area contributed by atoms with Gasteiger partial charge in [-0.05, 0) is 31.5 Å². The molecule has 27 heavy (non-hydrogen) atoms. The van der Waals surface area contributed by atoms with Gasteiger partial charge < -0.3 is 14.6 Å². The van der Waals surface area contributed by atoms with E-state index in [-0.39, 0.29) is 11.2 Å². The number of anilines is 1. The van der Waals surface area contributed by atoms with Crippen LogP contribution in [-0.4, -0.2) is 33.0 Å². The number of nitrogens with zero attached hydrogens (tertiary/aromatic N) is 3. The number of ether oxygens (including phenoxy) is 1. The Labute approximate surface area is 163 Å². The van der Waals surface area contributed by atoms with Crippen LogP contribution in [-0.2, 0) is 11.8 Å². The fourth-order valence-corrected chi connectivity index (χ4v) is 3.48. The molecule has 140 valence electrons. The standard InChI is InChI=1S/C20H22N4O2S/c1-13-9-5-6-10-15(13)18-22-23-20(24(18)3)27-14(2)19(25)21-16-11-7-8-12-17(16)26-4/h5-12,14H,1-4H3,(H,21,25)/t14-/m0/s1. The minimum Gasteiger partial charge on any atom is -0.495 e. The van der Waals surface area contributed by atoms with Gasteiger partial charge in [-0.15, -0.1) is 10.2 Å². The first-order valence-corrected chi connectivity index (χ1v) is 9.45. The maximum absolute atomic E-state index is 12.6. The third-order valence-corrected chi connectivity index (χ3v) is 5.37. The van der Waals surface area contributed by atoms with Crippen molar-refractivity contribution >= 4 is 23.4 Å². The number of hydrogen-bond acceptors (Lipinski definition) is 5. The van der Waals surface area contributed by atoms with Crippen LogP contribution in [0, 0.1) is 6.92 Å². The highest BCUT2D eigenvalue weighted by Crippen LogP contribution is 2.29. The van der Waals surface area contributed by atoms with E-state index in [0.717, 1.165) is 17.0 Å². The zero-order valence-corrected chi connectivity index (χ0v) is 16.6. The van der Waals surface area contributed by atoms with Crippen LogP contribution in [0.5, 0.6) is 5.75 Å². The lowest BCUT2D eigenvalue weighted by Gasteiger charge is -2.14. The van der Waals surface area contributed by atoms with Crippen LogP contribution in [0.2, 0.25) is 0 Å². The molecule has 0 aliphatic rings. The highest BCUT2D eigenvalue weighted by atomic mass is 32.2. The van der Waals surface area contributed by atoms with Crippen molar-refractivity contribution in [3.8, 4) is 17.1 Å². The number of benzene rings is 2. The molecule has 0 bridgehead atoms. The zero-order chi connectivity index (χ0) is 19.4.